The van der Waals surface area contributed by atoms with Crippen LogP contribution in [0.4, 0.5) is 0 Å². The predicted molar refractivity (Wildman–Crippen MR) is 75.3 cm³/mol. The van der Waals surface area contributed by atoms with E-state index in [0.29, 0.717) is 0 Å². The first-order valence-electron chi connectivity index (χ1n) is 6.13. The number of pyridine rings is 1. The molecule has 3 aromatic rings. The molecule has 0 saturated carbocycles. The van der Waals surface area contributed by atoms with Crippen LogP contribution in [-0.4, -0.2) is 4.98 Å². The van der Waals surface area contributed by atoms with Crippen LogP contribution < -0.4 is 0 Å². The van der Waals surface area contributed by atoms with Crippen LogP contribution in [0.15, 0.2) is 67.0 Å². The van der Waals surface area contributed by atoms with E-state index in [2.05, 4.69) is 66.0 Å². The molecule has 0 amide bonds. The van der Waals surface area contributed by atoms with Crippen molar-refractivity contribution >= 4 is 10.8 Å². The van der Waals surface area contributed by atoms with Gasteiger partial charge in [0.05, 0.1) is 0 Å². The summed E-state index contributed by atoms with van der Waals surface area (Å²) in [4.78, 5) is 4.03. The van der Waals surface area contributed by atoms with E-state index in [1.165, 1.54) is 21.9 Å². The maximum Gasteiger partial charge on any atom is 0.0270 e. The molecular formula is C17H14N. The summed E-state index contributed by atoms with van der Waals surface area (Å²) >= 11 is 0. The first kappa shape index (κ1) is 11.0. The van der Waals surface area contributed by atoms with Gasteiger partial charge in [0.15, 0.2) is 0 Å². The maximum absolute atomic E-state index is 4.03. The number of hydrogen-bond donors (Lipinski definition) is 0. The van der Waals surface area contributed by atoms with Crippen LogP contribution >= 0.6 is 0 Å². The van der Waals surface area contributed by atoms with E-state index in [4.69, 9.17) is 0 Å². The summed E-state index contributed by atoms with van der Waals surface area (Å²) in [7, 11) is 0. The van der Waals surface area contributed by atoms with E-state index in [1.807, 2.05) is 12.4 Å². The average Bonchev–Trinajstić information content (AvgIpc) is 2.46. The van der Waals surface area contributed by atoms with Gasteiger partial charge < -0.3 is 0 Å². The molecular weight excluding hydrogens is 218 g/mol. The third-order valence-corrected chi connectivity index (χ3v) is 3.10. The summed E-state index contributed by atoms with van der Waals surface area (Å²) in [6, 6.07) is 19.1. The minimum absolute atomic E-state index is 0.945. The van der Waals surface area contributed by atoms with Gasteiger partial charge in [0.1, 0.15) is 0 Å². The molecule has 0 unspecified atom stereocenters. The molecule has 0 fully saturated rings. The van der Waals surface area contributed by atoms with Gasteiger partial charge in [-0.25, -0.2) is 0 Å². The van der Waals surface area contributed by atoms with Gasteiger partial charge in [-0.05, 0) is 46.9 Å². The van der Waals surface area contributed by atoms with Gasteiger partial charge in [-0.15, -0.1) is 0 Å². The first-order valence-corrected chi connectivity index (χ1v) is 6.13. The Labute approximate surface area is 107 Å². The molecule has 0 N–H and O–H groups in total. The van der Waals surface area contributed by atoms with E-state index in [-0.39, 0.29) is 0 Å². The molecule has 18 heavy (non-hydrogen) atoms. The summed E-state index contributed by atoms with van der Waals surface area (Å²) in [5, 5.41) is 2.58. The molecule has 0 aliphatic carbocycles. The van der Waals surface area contributed by atoms with E-state index in [9.17, 15) is 0 Å². The maximum atomic E-state index is 4.03. The number of rotatable bonds is 3. The van der Waals surface area contributed by atoms with Gasteiger partial charge >= 0.3 is 0 Å². The summed E-state index contributed by atoms with van der Waals surface area (Å²) in [6.45, 7) is 0. The molecule has 0 atom stereocenters. The lowest BCUT2D eigenvalue weighted by Crippen LogP contribution is -1.89. The minimum atomic E-state index is 0.945. The highest BCUT2D eigenvalue weighted by molar-refractivity contribution is 5.83. The summed E-state index contributed by atoms with van der Waals surface area (Å²) in [6.07, 6.45) is 6.87. The van der Waals surface area contributed by atoms with Crippen molar-refractivity contribution in [3.05, 3.63) is 84.5 Å². The zero-order chi connectivity index (χ0) is 12.2. The lowest BCUT2D eigenvalue weighted by atomic mass is 10.0. The Kier molecular flexibility index (Phi) is 3.05. The quantitative estimate of drug-likeness (QED) is 0.664. The fourth-order valence-electron chi connectivity index (χ4n) is 2.09. The fourth-order valence-corrected chi connectivity index (χ4v) is 2.09. The van der Waals surface area contributed by atoms with Crippen molar-refractivity contribution in [2.45, 2.75) is 6.42 Å². The second kappa shape index (κ2) is 5.01. The molecule has 3 rings (SSSR count). The standard InChI is InChI=1S/C17H14N/c1-2-4-17-13-15(7-8-16(17)3-1)6-5-14-9-11-18-12-10-14/h1-4,6-13H,5H2. The minimum Gasteiger partial charge on any atom is -0.265 e. The Hall–Kier alpha value is -2.15. The van der Waals surface area contributed by atoms with Gasteiger partial charge in [-0.2, -0.15) is 0 Å². The third-order valence-electron chi connectivity index (χ3n) is 3.10. The van der Waals surface area contributed by atoms with Crippen LogP contribution in [0.25, 0.3) is 10.8 Å². The van der Waals surface area contributed by atoms with Crippen molar-refractivity contribution in [1.29, 1.82) is 0 Å². The lowest BCUT2D eigenvalue weighted by Gasteiger charge is -2.03. The number of hydrogen-bond acceptors (Lipinski definition) is 1. The second-order valence-electron chi connectivity index (χ2n) is 4.37. The van der Waals surface area contributed by atoms with Crippen LogP contribution in [0.5, 0.6) is 0 Å². The molecule has 0 bridgehead atoms. The molecule has 0 aliphatic rings. The number of fused-ring (bicyclic) bond motifs is 1. The zero-order valence-electron chi connectivity index (χ0n) is 10.1. The molecule has 0 spiro atoms. The van der Waals surface area contributed by atoms with E-state index >= 15 is 0 Å². The van der Waals surface area contributed by atoms with Crippen LogP contribution in [0.2, 0.25) is 0 Å². The number of benzene rings is 2. The number of nitrogens with zero attached hydrogens (tertiary/aromatic N) is 1. The fraction of sp³-hybridized carbons (Fsp3) is 0.0588. The Morgan fingerprint density at radius 1 is 0.833 bits per heavy atom. The average molecular weight is 232 g/mol. The van der Waals surface area contributed by atoms with E-state index in [0.717, 1.165) is 6.42 Å². The lowest BCUT2D eigenvalue weighted by molar-refractivity contribution is 1.14. The van der Waals surface area contributed by atoms with Gasteiger partial charge in [-0.3, -0.25) is 4.98 Å². The molecule has 1 heteroatoms. The molecule has 0 saturated heterocycles. The largest absolute Gasteiger partial charge is 0.265 e. The summed E-state index contributed by atoms with van der Waals surface area (Å²) in [5.74, 6) is 0. The van der Waals surface area contributed by atoms with Crippen molar-refractivity contribution in [3.63, 3.8) is 0 Å². The highest BCUT2D eigenvalue weighted by atomic mass is 14.6. The smallest absolute Gasteiger partial charge is 0.0270 e. The predicted octanol–water partition coefficient (Wildman–Crippen LogP) is 4.03. The highest BCUT2D eigenvalue weighted by Gasteiger charge is 1.98. The SMILES string of the molecule is [CH](Cc1ccncc1)c1ccc2ccccc2c1. The Morgan fingerprint density at radius 3 is 2.44 bits per heavy atom. The van der Waals surface area contributed by atoms with Crippen molar-refractivity contribution in [2.24, 2.45) is 0 Å². The topological polar surface area (TPSA) is 12.9 Å². The Balaban J connectivity index is 1.79. The summed E-state index contributed by atoms with van der Waals surface area (Å²) < 4.78 is 0. The van der Waals surface area contributed by atoms with Crippen LogP contribution in [0.3, 0.4) is 0 Å². The van der Waals surface area contributed by atoms with E-state index in [1.54, 1.807) is 0 Å². The van der Waals surface area contributed by atoms with Crippen molar-refractivity contribution in [3.8, 4) is 0 Å². The van der Waals surface area contributed by atoms with Crippen LogP contribution in [0, 0.1) is 6.42 Å². The Bertz CT molecular complexity index is 644. The molecule has 87 valence electrons. The van der Waals surface area contributed by atoms with Gasteiger partial charge in [0.2, 0.25) is 0 Å². The third kappa shape index (κ3) is 2.40. The normalized spacial score (nSPS) is 10.7. The van der Waals surface area contributed by atoms with Gasteiger partial charge in [-0.1, -0.05) is 42.5 Å². The monoisotopic (exact) mass is 232 g/mol. The summed E-state index contributed by atoms with van der Waals surface area (Å²) in [5.41, 5.74) is 2.56. The first-order chi connectivity index (χ1) is 8.92. The van der Waals surface area contributed by atoms with Gasteiger partial charge in [0.25, 0.3) is 0 Å². The van der Waals surface area contributed by atoms with Crippen molar-refractivity contribution in [2.75, 3.05) is 0 Å². The second-order valence-corrected chi connectivity index (χ2v) is 4.37. The molecule has 1 radical (unpaired) electrons. The van der Waals surface area contributed by atoms with Crippen LogP contribution in [-0.2, 0) is 6.42 Å². The van der Waals surface area contributed by atoms with Crippen LogP contribution in [0.1, 0.15) is 11.1 Å². The van der Waals surface area contributed by atoms with E-state index < -0.39 is 0 Å². The van der Waals surface area contributed by atoms with Crippen molar-refractivity contribution < 1.29 is 0 Å². The van der Waals surface area contributed by atoms with Gasteiger partial charge in [0, 0.05) is 12.4 Å². The molecule has 1 heterocycles. The van der Waals surface area contributed by atoms with Crippen molar-refractivity contribution in [1.82, 2.24) is 4.98 Å². The number of aromatic nitrogens is 1. The molecule has 0 aliphatic heterocycles. The molecule has 2 aromatic carbocycles. The molecule has 1 aromatic heterocycles. The zero-order valence-corrected chi connectivity index (χ0v) is 10.1. The molecule has 1 nitrogen and oxygen atoms in total. The highest BCUT2D eigenvalue weighted by Crippen LogP contribution is 2.17. The Morgan fingerprint density at radius 2 is 1.61 bits per heavy atom.